The van der Waals surface area contributed by atoms with Crippen LogP contribution in [-0.4, -0.2) is 10.7 Å². The molecule has 0 saturated carbocycles. The summed E-state index contributed by atoms with van der Waals surface area (Å²) in [5.41, 5.74) is 2.11. The van der Waals surface area contributed by atoms with Gasteiger partial charge in [-0.15, -0.1) is 0 Å². The van der Waals surface area contributed by atoms with E-state index < -0.39 is 0 Å². The highest BCUT2D eigenvalue weighted by molar-refractivity contribution is 5.94. The molecular formula is C20H22O2. The highest BCUT2D eigenvalue weighted by Crippen LogP contribution is 2.38. The first-order valence-electron chi connectivity index (χ1n) is 7.74. The average Bonchev–Trinajstić information content (AvgIpc) is 2.46. The second kappa shape index (κ2) is 5.53. The first-order chi connectivity index (χ1) is 10.5. The molecule has 1 atom stereocenters. The van der Waals surface area contributed by atoms with Gasteiger partial charge in [0.05, 0.1) is 0 Å². The minimum absolute atomic E-state index is 0.274. The number of phenolic OH excluding ortho intramolecular Hbond substituents is 1. The van der Waals surface area contributed by atoms with Crippen molar-refractivity contribution in [2.45, 2.75) is 39.2 Å². The second-order valence-corrected chi connectivity index (χ2v) is 6.45. The van der Waals surface area contributed by atoms with Crippen molar-refractivity contribution in [3.8, 4) is 11.5 Å². The maximum atomic E-state index is 9.73. The van der Waals surface area contributed by atoms with Gasteiger partial charge in [0.15, 0.2) is 0 Å². The summed E-state index contributed by atoms with van der Waals surface area (Å²) in [4.78, 5) is 0. The van der Waals surface area contributed by atoms with Gasteiger partial charge in [-0.3, -0.25) is 0 Å². The van der Waals surface area contributed by atoms with E-state index in [9.17, 15) is 5.11 Å². The topological polar surface area (TPSA) is 29.5 Å². The maximum Gasteiger partial charge on any atom is 0.128 e. The molecule has 2 nitrogen and oxygen atoms in total. The molecule has 1 N–H and O–H groups in total. The summed E-state index contributed by atoms with van der Waals surface area (Å²) in [6.07, 6.45) is 8.47. The van der Waals surface area contributed by atoms with E-state index in [1.807, 2.05) is 18.2 Å². The molecule has 114 valence electrons. The van der Waals surface area contributed by atoms with Crippen LogP contribution in [0.3, 0.4) is 0 Å². The molecule has 3 rings (SSSR count). The van der Waals surface area contributed by atoms with Gasteiger partial charge in [0.1, 0.15) is 17.1 Å². The van der Waals surface area contributed by atoms with Crippen LogP contribution in [0, 0.1) is 0 Å². The molecule has 0 unspecified atom stereocenters. The normalized spacial score (nSPS) is 19.6. The van der Waals surface area contributed by atoms with Gasteiger partial charge in [0.2, 0.25) is 0 Å². The summed E-state index contributed by atoms with van der Waals surface area (Å²) in [6.45, 7) is 6.36. The smallest absolute Gasteiger partial charge is 0.128 e. The minimum Gasteiger partial charge on any atom is -0.508 e. The molecule has 0 fully saturated rings. The predicted molar refractivity (Wildman–Crippen MR) is 92.3 cm³/mol. The third-order valence-corrected chi connectivity index (χ3v) is 4.15. The molecule has 1 aliphatic rings. The molecule has 22 heavy (non-hydrogen) atoms. The monoisotopic (exact) mass is 294 g/mol. The Labute approximate surface area is 131 Å². The number of hydrogen-bond acceptors (Lipinski definition) is 2. The van der Waals surface area contributed by atoms with Crippen LogP contribution in [0.1, 0.15) is 39.2 Å². The van der Waals surface area contributed by atoms with Crippen molar-refractivity contribution in [3.05, 3.63) is 53.6 Å². The Morgan fingerprint density at radius 3 is 2.77 bits per heavy atom. The van der Waals surface area contributed by atoms with E-state index in [-0.39, 0.29) is 11.4 Å². The number of phenols is 1. The number of rotatable bonds is 3. The zero-order valence-electron chi connectivity index (χ0n) is 13.4. The number of benzene rings is 2. The molecule has 0 amide bonds. The van der Waals surface area contributed by atoms with Crippen LogP contribution < -0.4 is 4.74 Å². The van der Waals surface area contributed by atoms with Gasteiger partial charge in [-0.25, -0.2) is 0 Å². The first kappa shape index (κ1) is 14.7. The maximum absolute atomic E-state index is 9.73. The van der Waals surface area contributed by atoms with E-state index in [1.54, 1.807) is 12.1 Å². The molecule has 2 aromatic carbocycles. The van der Waals surface area contributed by atoms with Crippen molar-refractivity contribution >= 4 is 16.8 Å². The Hall–Kier alpha value is -2.22. The second-order valence-electron chi connectivity index (χ2n) is 6.45. The van der Waals surface area contributed by atoms with E-state index in [1.165, 1.54) is 5.57 Å². The summed E-state index contributed by atoms with van der Waals surface area (Å²) in [7, 11) is 0. The highest BCUT2D eigenvalue weighted by Gasteiger charge is 2.27. The lowest BCUT2D eigenvalue weighted by Gasteiger charge is -2.32. The SMILES string of the molecule is CC(C)=CCC[C@]1(C)C=Cc2c(ccc3ccc(O)cc23)O1. The van der Waals surface area contributed by atoms with Gasteiger partial charge < -0.3 is 9.84 Å². The van der Waals surface area contributed by atoms with Crippen LogP contribution in [-0.2, 0) is 0 Å². The number of allylic oxidation sites excluding steroid dienone is 2. The Bertz CT molecular complexity index is 767. The molecule has 0 bridgehead atoms. The summed E-state index contributed by atoms with van der Waals surface area (Å²) < 4.78 is 6.25. The molecule has 0 saturated heterocycles. The molecule has 0 aromatic heterocycles. The minimum atomic E-state index is -0.274. The number of aromatic hydroxyl groups is 1. The van der Waals surface area contributed by atoms with E-state index >= 15 is 0 Å². The van der Waals surface area contributed by atoms with Crippen molar-refractivity contribution in [2.75, 3.05) is 0 Å². The fourth-order valence-electron chi connectivity index (χ4n) is 2.90. The predicted octanol–water partition coefficient (Wildman–Crippen LogP) is 5.46. The average molecular weight is 294 g/mol. The van der Waals surface area contributed by atoms with Gasteiger partial charge in [0.25, 0.3) is 0 Å². The fraction of sp³-hybridized carbons (Fsp3) is 0.300. The summed E-state index contributed by atoms with van der Waals surface area (Å²) in [5.74, 6) is 1.17. The summed E-state index contributed by atoms with van der Waals surface area (Å²) >= 11 is 0. The molecule has 2 heteroatoms. The third-order valence-electron chi connectivity index (χ3n) is 4.15. The molecule has 0 radical (unpaired) electrons. The van der Waals surface area contributed by atoms with E-state index in [0.29, 0.717) is 0 Å². The van der Waals surface area contributed by atoms with Gasteiger partial charge in [-0.1, -0.05) is 29.9 Å². The largest absolute Gasteiger partial charge is 0.508 e. The van der Waals surface area contributed by atoms with Gasteiger partial charge in [-0.2, -0.15) is 0 Å². The van der Waals surface area contributed by atoms with Crippen LogP contribution in [0.15, 0.2) is 48.1 Å². The lowest BCUT2D eigenvalue weighted by molar-refractivity contribution is 0.129. The molecular weight excluding hydrogens is 272 g/mol. The molecule has 0 spiro atoms. The van der Waals surface area contributed by atoms with E-state index in [4.69, 9.17) is 4.74 Å². The number of hydrogen-bond donors (Lipinski definition) is 1. The standard InChI is InChI=1S/C20H22O2/c1-14(2)5-4-11-20(3)12-10-17-18-13-16(21)8-6-15(18)7-9-19(17)22-20/h5-10,12-13,21H,4,11H2,1-3H3/t20-/m1/s1. The van der Waals surface area contributed by atoms with Crippen molar-refractivity contribution in [1.82, 2.24) is 0 Å². The highest BCUT2D eigenvalue weighted by atomic mass is 16.5. The van der Waals surface area contributed by atoms with Crippen LogP contribution in [0.4, 0.5) is 0 Å². The Kier molecular flexibility index (Phi) is 3.69. The quantitative estimate of drug-likeness (QED) is 0.762. The Balaban J connectivity index is 1.93. The van der Waals surface area contributed by atoms with Gasteiger partial charge in [0, 0.05) is 5.56 Å². The zero-order valence-corrected chi connectivity index (χ0v) is 13.4. The number of fused-ring (bicyclic) bond motifs is 3. The lowest BCUT2D eigenvalue weighted by atomic mass is 9.92. The molecule has 0 aliphatic carbocycles. The van der Waals surface area contributed by atoms with E-state index in [2.05, 4.69) is 39.0 Å². The van der Waals surface area contributed by atoms with Crippen molar-refractivity contribution < 1.29 is 9.84 Å². The van der Waals surface area contributed by atoms with Crippen LogP contribution in [0.2, 0.25) is 0 Å². The zero-order chi connectivity index (χ0) is 15.7. The summed E-state index contributed by atoms with van der Waals surface area (Å²) in [6, 6.07) is 9.52. The van der Waals surface area contributed by atoms with Crippen LogP contribution >= 0.6 is 0 Å². The van der Waals surface area contributed by atoms with Crippen molar-refractivity contribution in [3.63, 3.8) is 0 Å². The van der Waals surface area contributed by atoms with Crippen molar-refractivity contribution in [2.24, 2.45) is 0 Å². The molecule has 1 aliphatic heterocycles. The number of ether oxygens (including phenoxy) is 1. The van der Waals surface area contributed by atoms with Crippen LogP contribution in [0.25, 0.3) is 16.8 Å². The fourth-order valence-corrected chi connectivity index (χ4v) is 2.90. The van der Waals surface area contributed by atoms with E-state index in [0.717, 1.165) is 34.9 Å². The Morgan fingerprint density at radius 1 is 1.23 bits per heavy atom. The van der Waals surface area contributed by atoms with Crippen molar-refractivity contribution in [1.29, 1.82) is 0 Å². The third kappa shape index (κ3) is 2.87. The van der Waals surface area contributed by atoms with Gasteiger partial charge >= 0.3 is 0 Å². The lowest BCUT2D eigenvalue weighted by Crippen LogP contribution is -2.31. The molecule has 1 heterocycles. The van der Waals surface area contributed by atoms with Gasteiger partial charge in [-0.05, 0) is 68.7 Å². The summed E-state index contributed by atoms with van der Waals surface area (Å²) in [5, 5.41) is 11.9. The van der Waals surface area contributed by atoms with Crippen LogP contribution in [0.5, 0.6) is 11.5 Å². The Morgan fingerprint density at radius 2 is 2.00 bits per heavy atom. The molecule has 2 aromatic rings. The first-order valence-corrected chi connectivity index (χ1v) is 7.74.